The molecule has 2 heterocycles. The number of nitrogens with zero attached hydrogens (tertiary/aromatic N) is 1. The van der Waals surface area contributed by atoms with Gasteiger partial charge in [-0.15, -0.1) is 0 Å². The number of alkyl halides is 3. The van der Waals surface area contributed by atoms with Gasteiger partial charge in [-0.25, -0.2) is 14.4 Å². The summed E-state index contributed by atoms with van der Waals surface area (Å²) < 4.78 is 51.2. The molecular formula is C27H29F3N2O7. The second kappa shape index (κ2) is 13.1. The number of hydrogen-bond donors (Lipinski definition) is 3. The Kier molecular flexibility index (Phi) is 9.94. The molecule has 1 amide bonds. The first-order valence-corrected chi connectivity index (χ1v) is 12.2. The summed E-state index contributed by atoms with van der Waals surface area (Å²) in [6, 6.07) is 14.5. The molecule has 0 saturated carbocycles. The van der Waals surface area contributed by atoms with E-state index in [1.54, 1.807) is 18.2 Å². The van der Waals surface area contributed by atoms with Crippen molar-refractivity contribution in [2.24, 2.45) is 0 Å². The van der Waals surface area contributed by atoms with Gasteiger partial charge in [0, 0.05) is 51.0 Å². The van der Waals surface area contributed by atoms with Crippen LogP contribution in [0.15, 0.2) is 66.7 Å². The maximum atomic E-state index is 13.2. The maximum absolute atomic E-state index is 13.2. The number of rotatable bonds is 8. The molecule has 0 radical (unpaired) electrons. The first kappa shape index (κ1) is 29.5. The van der Waals surface area contributed by atoms with Gasteiger partial charge >= 0.3 is 24.2 Å². The summed E-state index contributed by atoms with van der Waals surface area (Å²) in [5.74, 6) is -1.90. The maximum Gasteiger partial charge on any atom is 0.416 e. The van der Waals surface area contributed by atoms with Gasteiger partial charge in [0.2, 0.25) is 0 Å². The normalized spacial score (nSPS) is 17.6. The van der Waals surface area contributed by atoms with E-state index < -0.39 is 35.4 Å². The second-order valence-electron chi connectivity index (χ2n) is 9.11. The van der Waals surface area contributed by atoms with Crippen molar-refractivity contribution < 1.29 is 47.2 Å². The third-order valence-electron chi connectivity index (χ3n) is 6.31. The van der Waals surface area contributed by atoms with Gasteiger partial charge in [-0.2, -0.15) is 13.2 Å². The number of carbonyl (C=O) groups excluding carboxylic acids is 1. The van der Waals surface area contributed by atoms with Crippen LogP contribution in [-0.2, 0) is 20.5 Å². The van der Waals surface area contributed by atoms with Gasteiger partial charge in [-0.3, -0.25) is 0 Å². The summed E-state index contributed by atoms with van der Waals surface area (Å²) in [5.41, 5.74) is -0.600. The van der Waals surface area contributed by atoms with Gasteiger partial charge in [0.15, 0.2) is 0 Å². The lowest BCUT2D eigenvalue weighted by Crippen LogP contribution is -2.47. The molecule has 210 valence electrons. The first-order valence-electron chi connectivity index (χ1n) is 12.2. The number of amides is 1. The molecule has 12 heteroatoms. The van der Waals surface area contributed by atoms with Crippen molar-refractivity contribution in [2.75, 3.05) is 26.2 Å². The quantitative estimate of drug-likeness (QED) is 0.411. The van der Waals surface area contributed by atoms with E-state index >= 15 is 0 Å². The van der Waals surface area contributed by atoms with Crippen molar-refractivity contribution in [3.05, 3.63) is 77.9 Å². The average molecular weight is 551 g/mol. The Morgan fingerprint density at radius 2 is 1.69 bits per heavy atom. The van der Waals surface area contributed by atoms with Crippen molar-refractivity contribution >= 4 is 18.0 Å². The highest BCUT2D eigenvalue weighted by Gasteiger charge is 2.42. The van der Waals surface area contributed by atoms with E-state index in [1.807, 2.05) is 18.2 Å². The number of nitrogens with one attached hydrogen (secondary N) is 1. The van der Waals surface area contributed by atoms with Gasteiger partial charge in [0.1, 0.15) is 17.5 Å². The Hall–Kier alpha value is -4.06. The highest BCUT2D eigenvalue weighted by atomic mass is 19.4. The number of carboxylic acid groups (broad SMARTS) is 2. The third-order valence-corrected chi connectivity index (χ3v) is 6.31. The number of ether oxygens (including phenoxy) is 2. The summed E-state index contributed by atoms with van der Waals surface area (Å²) in [6.07, 6.45) is -2.15. The van der Waals surface area contributed by atoms with Crippen molar-refractivity contribution in [1.29, 1.82) is 0 Å². The molecule has 2 fully saturated rings. The minimum atomic E-state index is -4.40. The Morgan fingerprint density at radius 1 is 1.05 bits per heavy atom. The van der Waals surface area contributed by atoms with Gasteiger partial charge in [-0.1, -0.05) is 30.3 Å². The van der Waals surface area contributed by atoms with E-state index in [0.29, 0.717) is 43.0 Å². The van der Waals surface area contributed by atoms with E-state index in [1.165, 1.54) is 12.1 Å². The molecule has 0 aliphatic carbocycles. The van der Waals surface area contributed by atoms with Crippen LogP contribution in [-0.4, -0.2) is 64.9 Å². The summed E-state index contributed by atoms with van der Waals surface area (Å²) >= 11 is 0. The van der Waals surface area contributed by atoms with Crippen LogP contribution in [0, 0.1) is 0 Å². The van der Waals surface area contributed by atoms with E-state index in [0.717, 1.165) is 32.0 Å². The fraction of sp³-hybridized carbons (Fsp3) is 0.370. The van der Waals surface area contributed by atoms with Crippen LogP contribution >= 0.6 is 0 Å². The fourth-order valence-corrected chi connectivity index (χ4v) is 4.28. The standard InChI is InChI=1S/C23H25F3N2O3.C4H4O4/c24-23(25,26)18-6-4-5-17(15-18)20(30-19-7-2-1-3-8-19)9-12-28-13-10-22(11-14-28)16-27-21(29)31-22;5-3(6)1-2-4(7)8/h1-8,15,20H,9-14,16H2,(H,27,29);1-2H,(H,5,6)(H,7,8)/b;2-1+. The molecule has 1 spiro atoms. The minimum Gasteiger partial charge on any atom is -0.486 e. The number of hydrogen-bond acceptors (Lipinski definition) is 6. The van der Waals surface area contributed by atoms with Crippen LogP contribution in [0.1, 0.15) is 36.5 Å². The van der Waals surface area contributed by atoms with Gasteiger partial charge in [0.25, 0.3) is 0 Å². The van der Waals surface area contributed by atoms with Gasteiger partial charge < -0.3 is 29.9 Å². The van der Waals surface area contributed by atoms with Crippen LogP contribution in [0.5, 0.6) is 5.75 Å². The lowest BCUT2D eigenvalue weighted by Gasteiger charge is -2.37. The number of carboxylic acids is 2. The number of likely N-dealkylation sites (tertiary alicyclic amines) is 1. The van der Waals surface area contributed by atoms with Crippen molar-refractivity contribution in [3.8, 4) is 5.75 Å². The molecule has 0 bridgehead atoms. The molecule has 2 aromatic rings. The van der Waals surface area contributed by atoms with E-state index in [-0.39, 0.29) is 6.09 Å². The van der Waals surface area contributed by atoms with Crippen molar-refractivity contribution in [1.82, 2.24) is 10.2 Å². The molecule has 9 nitrogen and oxygen atoms in total. The minimum absolute atomic E-state index is 0.366. The predicted octanol–water partition coefficient (Wildman–Crippen LogP) is 4.50. The summed E-state index contributed by atoms with van der Waals surface area (Å²) in [7, 11) is 0. The SMILES string of the molecule is O=C(O)/C=C/C(=O)O.O=C1NCC2(CCN(CCC(Oc3ccccc3)c3cccc(C(F)(F)F)c3)CC2)O1. The summed E-state index contributed by atoms with van der Waals surface area (Å²) in [5, 5.41) is 18.3. The number of para-hydroxylation sites is 1. The number of piperidine rings is 1. The molecule has 2 aliphatic heterocycles. The number of halogens is 3. The molecule has 2 aliphatic rings. The number of alkyl carbamates (subject to hydrolysis) is 1. The number of benzene rings is 2. The molecule has 2 aromatic carbocycles. The molecule has 3 N–H and O–H groups in total. The Bertz CT molecular complexity index is 1150. The van der Waals surface area contributed by atoms with Crippen molar-refractivity contribution in [2.45, 2.75) is 37.1 Å². The molecule has 39 heavy (non-hydrogen) atoms. The fourth-order valence-electron chi connectivity index (χ4n) is 4.28. The van der Waals surface area contributed by atoms with Gasteiger partial charge in [0.05, 0.1) is 12.1 Å². The second-order valence-corrected chi connectivity index (χ2v) is 9.11. The van der Waals surface area contributed by atoms with Crippen LogP contribution < -0.4 is 10.1 Å². The zero-order valence-corrected chi connectivity index (χ0v) is 20.9. The molecule has 4 rings (SSSR count). The number of carbonyl (C=O) groups is 3. The average Bonchev–Trinajstić information content (AvgIpc) is 3.26. The number of aliphatic carboxylic acids is 2. The summed E-state index contributed by atoms with van der Waals surface area (Å²) in [6.45, 7) is 2.72. The topological polar surface area (TPSA) is 125 Å². The highest BCUT2D eigenvalue weighted by molar-refractivity contribution is 5.89. The zero-order valence-electron chi connectivity index (χ0n) is 20.9. The van der Waals surface area contributed by atoms with E-state index in [2.05, 4.69) is 10.2 Å². The predicted molar refractivity (Wildman–Crippen MR) is 133 cm³/mol. The lowest BCUT2D eigenvalue weighted by molar-refractivity contribution is -0.137. The molecule has 0 aromatic heterocycles. The van der Waals surface area contributed by atoms with E-state index in [4.69, 9.17) is 19.7 Å². The largest absolute Gasteiger partial charge is 0.486 e. The zero-order chi connectivity index (χ0) is 28.5. The van der Waals surface area contributed by atoms with Crippen LogP contribution in [0.3, 0.4) is 0 Å². The van der Waals surface area contributed by atoms with Crippen LogP contribution in [0.2, 0.25) is 0 Å². The molecule has 2 saturated heterocycles. The van der Waals surface area contributed by atoms with Crippen LogP contribution in [0.25, 0.3) is 0 Å². The molecule has 1 unspecified atom stereocenters. The molecule has 1 atom stereocenters. The third kappa shape index (κ3) is 9.32. The van der Waals surface area contributed by atoms with Crippen molar-refractivity contribution in [3.63, 3.8) is 0 Å². The Labute approximate surface area is 222 Å². The Morgan fingerprint density at radius 3 is 2.23 bits per heavy atom. The Balaban J connectivity index is 0.000000459. The monoisotopic (exact) mass is 550 g/mol. The molecular weight excluding hydrogens is 521 g/mol. The highest BCUT2D eigenvalue weighted by Crippen LogP contribution is 2.34. The van der Waals surface area contributed by atoms with Gasteiger partial charge in [-0.05, 0) is 29.8 Å². The summed E-state index contributed by atoms with van der Waals surface area (Å²) in [4.78, 5) is 32.7. The first-order chi connectivity index (χ1) is 18.5. The smallest absolute Gasteiger partial charge is 0.416 e. The lowest BCUT2D eigenvalue weighted by atomic mass is 9.91. The van der Waals surface area contributed by atoms with E-state index in [9.17, 15) is 27.6 Å². The van der Waals surface area contributed by atoms with Crippen LogP contribution in [0.4, 0.5) is 18.0 Å².